The summed E-state index contributed by atoms with van der Waals surface area (Å²) in [5.41, 5.74) is 3.85. The van der Waals surface area contributed by atoms with Crippen LogP contribution in [0.1, 0.15) is 5.56 Å². The maximum atomic E-state index is 6.07. The van der Waals surface area contributed by atoms with Crippen LogP contribution in [0.4, 0.5) is 0 Å². The molecule has 0 aromatic heterocycles. The Bertz CT molecular complexity index is 320. The van der Waals surface area contributed by atoms with Crippen LogP contribution < -0.4 is 11.3 Å². The highest BCUT2D eigenvalue weighted by atomic mass is 35.5. The van der Waals surface area contributed by atoms with Crippen molar-refractivity contribution in [1.82, 2.24) is 5.43 Å². The summed E-state index contributed by atoms with van der Waals surface area (Å²) in [4.78, 5) is 0. The van der Waals surface area contributed by atoms with Crippen molar-refractivity contribution < 1.29 is 0 Å². The lowest BCUT2D eigenvalue weighted by atomic mass is 10.1. The molecule has 1 atom stereocenters. The molecule has 1 rings (SSSR count). The highest BCUT2D eigenvalue weighted by Crippen LogP contribution is 2.22. The van der Waals surface area contributed by atoms with Gasteiger partial charge in [-0.3, -0.25) is 11.3 Å². The summed E-state index contributed by atoms with van der Waals surface area (Å²) < 4.78 is 0. The van der Waals surface area contributed by atoms with Gasteiger partial charge in [-0.25, -0.2) is 0 Å². The Hall–Kier alpha value is 0.0700. The fraction of sp³-hybridized carbons (Fsp3) is 0.400. The summed E-state index contributed by atoms with van der Waals surface area (Å²) in [5.74, 6) is 6.41. The standard InChI is InChI=1S/C10H14Cl2N2S/c1-15-6-9(14-13)4-7-2-3-8(11)5-10(7)12/h2-3,5,9,14H,4,6,13H2,1H3. The van der Waals surface area contributed by atoms with Crippen LogP contribution in [0.2, 0.25) is 10.0 Å². The molecule has 0 amide bonds. The van der Waals surface area contributed by atoms with E-state index in [1.807, 2.05) is 18.4 Å². The van der Waals surface area contributed by atoms with Gasteiger partial charge in [-0.05, 0) is 30.4 Å². The minimum Gasteiger partial charge on any atom is -0.271 e. The van der Waals surface area contributed by atoms with Crippen LogP contribution in [0.5, 0.6) is 0 Å². The number of nitrogens with one attached hydrogen (secondary N) is 1. The Kier molecular flexibility index (Phi) is 5.79. The smallest absolute Gasteiger partial charge is 0.0453 e. The van der Waals surface area contributed by atoms with E-state index in [-0.39, 0.29) is 6.04 Å². The first-order valence-corrected chi connectivity index (χ1v) is 6.71. The van der Waals surface area contributed by atoms with Gasteiger partial charge in [0.25, 0.3) is 0 Å². The molecule has 3 N–H and O–H groups in total. The molecule has 0 aliphatic heterocycles. The summed E-state index contributed by atoms with van der Waals surface area (Å²) in [6.07, 6.45) is 2.86. The summed E-state index contributed by atoms with van der Waals surface area (Å²) in [5, 5.41) is 1.36. The molecule has 15 heavy (non-hydrogen) atoms. The normalized spacial score (nSPS) is 12.8. The van der Waals surface area contributed by atoms with E-state index in [1.165, 1.54) is 0 Å². The molecule has 0 spiro atoms. The average molecular weight is 265 g/mol. The molecule has 2 nitrogen and oxygen atoms in total. The number of hydrazine groups is 1. The molecule has 84 valence electrons. The summed E-state index contributed by atoms with van der Waals surface area (Å²) in [6, 6.07) is 5.77. The van der Waals surface area contributed by atoms with Crippen molar-refractivity contribution in [3.8, 4) is 0 Å². The van der Waals surface area contributed by atoms with E-state index in [2.05, 4.69) is 5.43 Å². The lowest BCUT2D eigenvalue weighted by Gasteiger charge is -2.15. The largest absolute Gasteiger partial charge is 0.271 e. The Morgan fingerprint density at radius 2 is 2.20 bits per heavy atom. The molecule has 0 aliphatic carbocycles. The summed E-state index contributed by atoms with van der Waals surface area (Å²) in [7, 11) is 0. The first-order valence-electron chi connectivity index (χ1n) is 4.56. The van der Waals surface area contributed by atoms with Crippen LogP contribution in [0, 0.1) is 0 Å². The first-order chi connectivity index (χ1) is 7.17. The molecule has 1 unspecified atom stereocenters. The third-order valence-corrected chi connectivity index (χ3v) is 3.41. The number of rotatable bonds is 5. The maximum Gasteiger partial charge on any atom is 0.0453 e. The number of thioether (sulfide) groups is 1. The third kappa shape index (κ3) is 4.21. The molecule has 0 aliphatic rings. The van der Waals surface area contributed by atoms with Gasteiger partial charge in [0.05, 0.1) is 0 Å². The van der Waals surface area contributed by atoms with Gasteiger partial charge in [0.1, 0.15) is 0 Å². The number of hydrogen-bond acceptors (Lipinski definition) is 3. The van der Waals surface area contributed by atoms with Crippen molar-refractivity contribution in [2.75, 3.05) is 12.0 Å². The quantitative estimate of drug-likeness (QED) is 0.635. The molecular weight excluding hydrogens is 251 g/mol. The predicted molar refractivity (Wildman–Crippen MR) is 69.7 cm³/mol. The zero-order valence-corrected chi connectivity index (χ0v) is 10.8. The van der Waals surface area contributed by atoms with Gasteiger partial charge in [0.15, 0.2) is 0 Å². The van der Waals surface area contributed by atoms with Crippen molar-refractivity contribution >= 4 is 35.0 Å². The molecule has 0 saturated heterocycles. The Labute approximate surface area is 104 Å². The Balaban J connectivity index is 2.70. The second kappa shape index (κ2) is 6.61. The number of nitrogens with two attached hydrogens (primary N) is 1. The Morgan fingerprint density at radius 1 is 1.47 bits per heavy atom. The molecule has 5 heteroatoms. The molecule has 0 heterocycles. The van der Waals surface area contributed by atoms with Crippen LogP contribution >= 0.6 is 35.0 Å². The lowest BCUT2D eigenvalue weighted by Crippen LogP contribution is -2.38. The Morgan fingerprint density at radius 3 is 2.73 bits per heavy atom. The summed E-state index contributed by atoms with van der Waals surface area (Å²) >= 11 is 13.6. The van der Waals surface area contributed by atoms with Gasteiger partial charge in [-0.1, -0.05) is 29.3 Å². The van der Waals surface area contributed by atoms with Gasteiger partial charge >= 0.3 is 0 Å². The van der Waals surface area contributed by atoms with Gasteiger partial charge in [0.2, 0.25) is 0 Å². The molecule has 0 radical (unpaired) electrons. The van der Waals surface area contributed by atoms with E-state index in [0.29, 0.717) is 10.0 Å². The second-order valence-corrected chi connectivity index (χ2v) is 5.01. The lowest BCUT2D eigenvalue weighted by molar-refractivity contribution is 0.576. The van der Waals surface area contributed by atoms with Crippen molar-refractivity contribution in [3.63, 3.8) is 0 Å². The van der Waals surface area contributed by atoms with Gasteiger partial charge in [0, 0.05) is 21.8 Å². The van der Waals surface area contributed by atoms with E-state index in [0.717, 1.165) is 17.7 Å². The molecule has 0 saturated carbocycles. The number of halogens is 2. The molecular formula is C10H14Cl2N2S. The minimum absolute atomic E-state index is 0.235. The van der Waals surface area contributed by atoms with Crippen molar-refractivity contribution in [2.24, 2.45) is 5.84 Å². The van der Waals surface area contributed by atoms with Gasteiger partial charge in [-0.2, -0.15) is 11.8 Å². The first kappa shape index (κ1) is 13.1. The van der Waals surface area contributed by atoms with E-state index in [4.69, 9.17) is 29.0 Å². The minimum atomic E-state index is 0.235. The number of benzene rings is 1. The predicted octanol–water partition coefficient (Wildman–Crippen LogP) is 2.73. The van der Waals surface area contributed by atoms with E-state index in [9.17, 15) is 0 Å². The van der Waals surface area contributed by atoms with E-state index < -0.39 is 0 Å². The maximum absolute atomic E-state index is 6.07. The van der Waals surface area contributed by atoms with Crippen molar-refractivity contribution in [3.05, 3.63) is 33.8 Å². The van der Waals surface area contributed by atoms with Crippen molar-refractivity contribution in [2.45, 2.75) is 12.5 Å². The average Bonchev–Trinajstić information content (AvgIpc) is 2.21. The topological polar surface area (TPSA) is 38.0 Å². The molecule has 1 aromatic rings. The van der Waals surface area contributed by atoms with Gasteiger partial charge < -0.3 is 0 Å². The zero-order chi connectivity index (χ0) is 11.3. The number of hydrogen-bond donors (Lipinski definition) is 2. The SMILES string of the molecule is CSCC(Cc1ccc(Cl)cc1Cl)NN. The van der Waals surface area contributed by atoms with Crippen LogP contribution in [-0.2, 0) is 6.42 Å². The molecule has 1 aromatic carbocycles. The van der Waals surface area contributed by atoms with Gasteiger partial charge in [-0.15, -0.1) is 0 Å². The highest BCUT2D eigenvalue weighted by molar-refractivity contribution is 7.98. The van der Waals surface area contributed by atoms with Crippen molar-refractivity contribution in [1.29, 1.82) is 0 Å². The van der Waals surface area contributed by atoms with Crippen LogP contribution in [-0.4, -0.2) is 18.1 Å². The van der Waals surface area contributed by atoms with Crippen LogP contribution in [0.3, 0.4) is 0 Å². The van der Waals surface area contributed by atoms with E-state index >= 15 is 0 Å². The molecule has 0 fully saturated rings. The van der Waals surface area contributed by atoms with Crippen LogP contribution in [0.25, 0.3) is 0 Å². The van der Waals surface area contributed by atoms with E-state index in [1.54, 1.807) is 17.8 Å². The molecule has 0 bridgehead atoms. The summed E-state index contributed by atoms with van der Waals surface area (Å²) in [6.45, 7) is 0. The fourth-order valence-corrected chi connectivity index (χ4v) is 2.42. The zero-order valence-electron chi connectivity index (χ0n) is 8.47. The monoisotopic (exact) mass is 264 g/mol. The van der Waals surface area contributed by atoms with Crippen LogP contribution in [0.15, 0.2) is 18.2 Å². The second-order valence-electron chi connectivity index (χ2n) is 3.26. The highest BCUT2D eigenvalue weighted by Gasteiger charge is 2.09. The fourth-order valence-electron chi connectivity index (χ4n) is 1.32. The third-order valence-electron chi connectivity index (χ3n) is 2.08.